The summed E-state index contributed by atoms with van der Waals surface area (Å²) in [5, 5.41) is 14.6. The smallest absolute Gasteiger partial charge is 0.357 e. The highest BCUT2D eigenvalue weighted by Crippen LogP contribution is 2.41. The van der Waals surface area contributed by atoms with Gasteiger partial charge in [0.1, 0.15) is 0 Å². The third kappa shape index (κ3) is 2.20. The molecule has 1 N–H and O–H groups in total. The molecule has 2 atom stereocenters. The van der Waals surface area contributed by atoms with Crippen LogP contribution < -0.4 is 0 Å². The van der Waals surface area contributed by atoms with Gasteiger partial charge in [-0.1, -0.05) is 18.2 Å². The molecule has 0 radical (unpaired) electrons. The Morgan fingerprint density at radius 1 is 1.26 bits per heavy atom. The van der Waals surface area contributed by atoms with Crippen molar-refractivity contribution < 1.29 is 9.90 Å². The number of carboxylic acid groups (broad SMARTS) is 1. The molecule has 2 fully saturated rings. The highest BCUT2D eigenvalue weighted by atomic mass is 16.4. The Hall–Kier alpha value is -2.37. The predicted molar refractivity (Wildman–Crippen MR) is 88.0 cm³/mol. The van der Waals surface area contributed by atoms with E-state index in [4.69, 9.17) is 0 Å². The number of hydrogen-bond acceptors (Lipinski definition) is 3. The molecule has 2 aromatic rings. The van der Waals surface area contributed by atoms with Gasteiger partial charge in [-0.15, -0.1) is 0 Å². The highest BCUT2D eigenvalue weighted by molar-refractivity contribution is 6.01. The van der Waals surface area contributed by atoms with E-state index in [1.165, 1.54) is 12.8 Å². The second kappa shape index (κ2) is 5.37. The lowest BCUT2D eigenvalue weighted by molar-refractivity contribution is 0.0690. The van der Waals surface area contributed by atoms with Crippen LogP contribution in [-0.4, -0.2) is 51.2 Å². The van der Waals surface area contributed by atoms with Gasteiger partial charge < -0.3 is 10.0 Å². The van der Waals surface area contributed by atoms with Gasteiger partial charge in [0.2, 0.25) is 0 Å². The molecule has 6 nitrogen and oxygen atoms in total. The fraction of sp³-hybridized carbons (Fsp3) is 0.471. The average molecular weight is 312 g/mol. The minimum atomic E-state index is -0.960. The summed E-state index contributed by atoms with van der Waals surface area (Å²) in [5.74, 6) is -0.960. The van der Waals surface area contributed by atoms with E-state index >= 15 is 0 Å². The maximum atomic E-state index is 11.5. The SMILES string of the molecule is CN=CN1C2CCC1CC(n1nc(C(=O)O)c3ccccc31)C2. The van der Waals surface area contributed by atoms with Crippen LogP contribution in [0, 0.1) is 0 Å². The third-order valence-electron chi connectivity index (χ3n) is 5.18. The Morgan fingerprint density at radius 3 is 2.61 bits per heavy atom. The lowest BCUT2D eigenvalue weighted by Crippen LogP contribution is -2.42. The van der Waals surface area contributed by atoms with Gasteiger partial charge in [0.25, 0.3) is 0 Å². The molecular formula is C17H20N4O2. The highest BCUT2D eigenvalue weighted by Gasteiger charge is 2.40. The molecule has 2 aliphatic heterocycles. The zero-order valence-electron chi connectivity index (χ0n) is 13.1. The van der Waals surface area contributed by atoms with E-state index in [0.717, 1.165) is 23.7 Å². The molecule has 2 saturated heterocycles. The number of para-hydroxylation sites is 1. The van der Waals surface area contributed by atoms with Crippen LogP contribution in [0.1, 0.15) is 42.2 Å². The first-order chi connectivity index (χ1) is 11.2. The van der Waals surface area contributed by atoms with Gasteiger partial charge in [-0.2, -0.15) is 5.10 Å². The van der Waals surface area contributed by atoms with E-state index in [2.05, 4.69) is 15.0 Å². The molecule has 2 aliphatic rings. The second-order valence-electron chi connectivity index (χ2n) is 6.45. The minimum absolute atomic E-state index is 0.158. The Labute approximate surface area is 134 Å². The van der Waals surface area contributed by atoms with Gasteiger partial charge >= 0.3 is 5.97 Å². The van der Waals surface area contributed by atoms with Crippen molar-refractivity contribution in [3.05, 3.63) is 30.0 Å². The first kappa shape index (κ1) is 14.2. The first-order valence-electron chi connectivity index (χ1n) is 8.09. The van der Waals surface area contributed by atoms with Gasteiger partial charge in [-0.05, 0) is 31.7 Å². The van der Waals surface area contributed by atoms with Gasteiger partial charge in [0.05, 0.1) is 17.9 Å². The lowest BCUT2D eigenvalue weighted by atomic mass is 9.98. The molecule has 0 saturated carbocycles. The summed E-state index contributed by atoms with van der Waals surface area (Å²) >= 11 is 0. The van der Waals surface area contributed by atoms with Crippen molar-refractivity contribution in [2.75, 3.05) is 7.05 Å². The molecule has 1 aromatic heterocycles. The number of carboxylic acids is 1. The fourth-order valence-corrected chi connectivity index (χ4v) is 4.23. The summed E-state index contributed by atoms with van der Waals surface area (Å²) in [5.41, 5.74) is 1.08. The quantitative estimate of drug-likeness (QED) is 0.698. The van der Waals surface area contributed by atoms with Gasteiger partial charge in [-0.25, -0.2) is 4.79 Å². The number of nitrogens with zero attached hydrogens (tertiary/aromatic N) is 4. The zero-order chi connectivity index (χ0) is 16.0. The van der Waals surface area contributed by atoms with Crippen LogP contribution in [-0.2, 0) is 0 Å². The number of fused-ring (bicyclic) bond motifs is 3. The van der Waals surface area contributed by atoms with Gasteiger partial charge in [-0.3, -0.25) is 9.67 Å². The summed E-state index contributed by atoms with van der Waals surface area (Å²) in [6.07, 6.45) is 6.30. The number of rotatable bonds is 3. The summed E-state index contributed by atoms with van der Waals surface area (Å²) in [6, 6.07) is 8.85. The molecule has 23 heavy (non-hydrogen) atoms. The van der Waals surface area contributed by atoms with Crippen LogP contribution in [0.5, 0.6) is 0 Å². The van der Waals surface area contributed by atoms with Crippen molar-refractivity contribution in [1.82, 2.24) is 14.7 Å². The van der Waals surface area contributed by atoms with Crippen LogP contribution in [0.25, 0.3) is 10.9 Å². The standard InChI is InChI=1S/C17H20N4O2/c1-18-10-20-11-6-7-12(20)9-13(8-11)21-15-5-3-2-4-14(15)16(19-21)17(22)23/h2-5,10-13H,6-9H2,1H3,(H,22,23). The van der Waals surface area contributed by atoms with E-state index in [9.17, 15) is 9.90 Å². The molecule has 0 amide bonds. The number of carbonyl (C=O) groups is 1. The Balaban J connectivity index is 1.73. The van der Waals surface area contributed by atoms with Crippen LogP contribution in [0.15, 0.2) is 29.3 Å². The molecule has 4 rings (SSSR count). The van der Waals surface area contributed by atoms with Gasteiger partial charge in [0, 0.05) is 24.5 Å². The summed E-state index contributed by atoms with van der Waals surface area (Å²) in [7, 11) is 1.81. The van der Waals surface area contributed by atoms with Gasteiger partial charge in [0.15, 0.2) is 5.69 Å². The minimum Gasteiger partial charge on any atom is -0.476 e. The van der Waals surface area contributed by atoms with E-state index < -0.39 is 5.97 Å². The number of aromatic carboxylic acids is 1. The van der Waals surface area contributed by atoms with Crippen LogP contribution >= 0.6 is 0 Å². The zero-order valence-corrected chi connectivity index (χ0v) is 13.1. The molecular weight excluding hydrogens is 292 g/mol. The molecule has 2 bridgehead atoms. The van der Waals surface area contributed by atoms with Crippen LogP contribution in [0.2, 0.25) is 0 Å². The molecule has 0 aliphatic carbocycles. The van der Waals surface area contributed by atoms with Crippen molar-refractivity contribution in [2.24, 2.45) is 4.99 Å². The van der Waals surface area contributed by atoms with Crippen LogP contribution in [0.3, 0.4) is 0 Å². The molecule has 0 spiro atoms. The molecule has 120 valence electrons. The number of aliphatic imine (C=N–C) groups is 1. The summed E-state index contributed by atoms with van der Waals surface area (Å²) in [6.45, 7) is 0. The summed E-state index contributed by atoms with van der Waals surface area (Å²) < 4.78 is 1.95. The topological polar surface area (TPSA) is 70.7 Å². The Kier molecular flexibility index (Phi) is 3.32. The van der Waals surface area contributed by atoms with E-state index in [1.54, 1.807) is 0 Å². The first-order valence-corrected chi connectivity index (χ1v) is 8.09. The largest absolute Gasteiger partial charge is 0.476 e. The summed E-state index contributed by atoms with van der Waals surface area (Å²) in [4.78, 5) is 18.0. The third-order valence-corrected chi connectivity index (χ3v) is 5.18. The normalized spacial score (nSPS) is 27.2. The average Bonchev–Trinajstić information content (AvgIpc) is 3.03. The van der Waals surface area contributed by atoms with E-state index in [0.29, 0.717) is 12.1 Å². The van der Waals surface area contributed by atoms with E-state index in [1.807, 2.05) is 42.3 Å². The molecule has 6 heteroatoms. The molecule has 2 unspecified atom stereocenters. The van der Waals surface area contributed by atoms with E-state index in [-0.39, 0.29) is 11.7 Å². The fourth-order valence-electron chi connectivity index (χ4n) is 4.23. The van der Waals surface area contributed by atoms with Crippen molar-refractivity contribution in [3.63, 3.8) is 0 Å². The monoisotopic (exact) mass is 312 g/mol. The number of benzene rings is 1. The number of hydrogen-bond donors (Lipinski definition) is 1. The van der Waals surface area contributed by atoms with Crippen LogP contribution in [0.4, 0.5) is 0 Å². The molecule has 1 aromatic carbocycles. The lowest BCUT2D eigenvalue weighted by Gasteiger charge is -2.38. The Bertz CT molecular complexity index is 768. The van der Waals surface area contributed by atoms with Crippen molar-refractivity contribution in [1.29, 1.82) is 0 Å². The predicted octanol–water partition coefficient (Wildman–Crippen LogP) is 2.56. The van der Waals surface area contributed by atoms with Crippen molar-refractivity contribution >= 4 is 23.2 Å². The Morgan fingerprint density at radius 2 is 1.96 bits per heavy atom. The molecule has 3 heterocycles. The number of aromatic nitrogens is 2. The maximum Gasteiger partial charge on any atom is 0.357 e. The van der Waals surface area contributed by atoms with Crippen molar-refractivity contribution in [2.45, 2.75) is 43.8 Å². The maximum absolute atomic E-state index is 11.5. The van der Waals surface area contributed by atoms with Crippen molar-refractivity contribution in [3.8, 4) is 0 Å². The number of piperidine rings is 1. The second-order valence-corrected chi connectivity index (χ2v) is 6.45.